The number of halogens is 1. The molecule has 11 heteroatoms. The Morgan fingerprint density at radius 2 is 2.16 bits per heavy atom. The summed E-state index contributed by atoms with van der Waals surface area (Å²) in [6.45, 7) is 0. The molecule has 0 aromatic carbocycles. The summed E-state index contributed by atoms with van der Waals surface area (Å²) >= 11 is 6.73. The molecule has 10 nitrogen and oxygen atoms in total. The zero-order valence-corrected chi connectivity index (χ0v) is 20.9. The Balaban J connectivity index is 1.36. The standard InChI is InChI=1S/C26H26ClN7O3/c1-33-23-22(27)21(37-20(11-28)16-4-2-3-9-29-16)12-30-24(23)32-26(33)31-17-10-15(14-5-6-14)13-34(25(17)36)18-7-8-19(18)35/h2-4,9-14,18-19,28-29,35H,5-8H2,1H3,(H,30,31,32)/p+1/b20-16+,28-11?/t18-,19+/m1/s1. The van der Waals surface area contributed by atoms with Crippen LogP contribution in [0, 0.1) is 5.41 Å². The molecule has 0 amide bonds. The SMILES string of the molecule is Cn1c(Nc2cc(C3CC3)cn([C@@H]3CC[C@@H]3O)c2=O)nc2ncc(O/C(C=N)=C3\C=CC=C[NH2+]3)c(Cl)c21. The fraction of sp³-hybridized carbons (Fsp3) is 0.308. The first-order valence-electron chi connectivity index (χ1n) is 12.3. The molecule has 0 radical (unpaired) electrons. The third-order valence-corrected chi connectivity index (χ3v) is 7.50. The average Bonchev–Trinajstić information content (AvgIpc) is 3.70. The number of nitrogens with one attached hydrogen (secondary N) is 2. The predicted octanol–water partition coefficient (Wildman–Crippen LogP) is 2.99. The lowest BCUT2D eigenvalue weighted by Gasteiger charge is -2.34. The average molecular weight is 521 g/mol. The molecule has 2 atom stereocenters. The first-order chi connectivity index (χ1) is 17.9. The van der Waals surface area contributed by atoms with E-state index in [0.717, 1.165) is 36.7 Å². The summed E-state index contributed by atoms with van der Waals surface area (Å²) in [7, 11) is 1.78. The van der Waals surface area contributed by atoms with Crippen LogP contribution in [0.4, 0.5) is 11.6 Å². The molecule has 2 fully saturated rings. The number of hydrogen-bond acceptors (Lipinski definition) is 7. The monoisotopic (exact) mass is 520 g/mol. The van der Waals surface area contributed by atoms with E-state index in [9.17, 15) is 9.90 Å². The van der Waals surface area contributed by atoms with E-state index in [0.29, 0.717) is 51.7 Å². The van der Waals surface area contributed by atoms with Crippen LogP contribution in [-0.4, -0.2) is 36.5 Å². The van der Waals surface area contributed by atoms with E-state index in [1.807, 2.05) is 42.0 Å². The van der Waals surface area contributed by atoms with Crippen molar-refractivity contribution >= 4 is 40.6 Å². The number of aliphatic hydroxyl groups excluding tert-OH is 1. The van der Waals surface area contributed by atoms with Crippen LogP contribution in [-0.2, 0) is 7.05 Å². The van der Waals surface area contributed by atoms with Gasteiger partial charge in [0.2, 0.25) is 11.7 Å². The molecular weight excluding hydrogens is 494 g/mol. The second-order valence-electron chi connectivity index (χ2n) is 9.59. The fourth-order valence-electron chi connectivity index (χ4n) is 4.70. The van der Waals surface area contributed by atoms with Crippen molar-refractivity contribution in [3.05, 3.63) is 75.3 Å². The minimum Gasteiger partial charge on any atom is -0.446 e. The number of hydrogen-bond donors (Lipinski definition) is 4. The number of ether oxygens (including phenoxy) is 1. The van der Waals surface area contributed by atoms with Crippen LogP contribution in [0.2, 0.25) is 5.02 Å². The molecule has 190 valence electrons. The second-order valence-corrected chi connectivity index (χ2v) is 9.97. The van der Waals surface area contributed by atoms with Crippen LogP contribution in [0.25, 0.3) is 11.2 Å². The van der Waals surface area contributed by atoms with Gasteiger partial charge in [0, 0.05) is 19.3 Å². The minimum atomic E-state index is -0.504. The van der Waals surface area contributed by atoms with Gasteiger partial charge in [0.05, 0.1) is 30.8 Å². The molecule has 4 heterocycles. The summed E-state index contributed by atoms with van der Waals surface area (Å²) < 4.78 is 9.35. The van der Waals surface area contributed by atoms with Gasteiger partial charge in [-0.25, -0.2) is 4.98 Å². The first kappa shape index (κ1) is 23.7. The van der Waals surface area contributed by atoms with E-state index in [4.69, 9.17) is 21.7 Å². The Labute approximate surface area is 217 Å². The third-order valence-electron chi connectivity index (χ3n) is 7.13. The number of aromatic nitrogens is 4. The van der Waals surface area contributed by atoms with E-state index in [-0.39, 0.29) is 11.6 Å². The molecule has 0 saturated heterocycles. The largest absolute Gasteiger partial charge is 0.446 e. The van der Waals surface area contributed by atoms with Gasteiger partial charge in [0.1, 0.15) is 16.2 Å². The van der Waals surface area contributed by atoms with Gasteiger partial charge in [-0.15, -0.1) is 0 Å². The maximum Gasteiger partial charge on any atom is 0.274 e. The number of nitrogens with two attached hydrogens (primary N) is 1. The van der Waals surface area contributed by atoms with Gasteiger partial charge in [-0.1, -0.05) is 17.7 Å². The third kappa shape index (κ3) is 4.26. The fourth-order valence-corrected chi connectivity index (χ4v) is 5.00. The lowest BCUT2D eigenvalue weighted by atomic mass is 9.88. The Hall–Kier alpha value is -3.73. The zero-order valence-electron chi connectivity index (χ0n) is 20.2. The number of imidazole rings is 1. The highest BCUT2D eigenvalue weighted by molar-refractivity contribution is 6.36. The molecule has 3 aromatic rings. The molecule has 0 spiro atoms. The van der Waals surface area contributed by atoms with Crippen molar-refractivity contribution in [2.24, 2.45) is 7.05 Å². The molecular formula is C26H27ClN7O3+. The molecule has 0 unspecified atom stereocenters. The van der Waals surface area contributed by atoms with Crippen LogP contribution < -0.4 is 20.9 Å². The van der Waals surface area contributed by atoms with Gasteiger partial charge in [0.15, 0.2) is 17.1 Å². The first-order valence-corrected chi connectivity index (χ1v) is 12.6. The van der Waals surface area contributed by atoms with Crippen LogP contribution >= 0.6 is 11.6 Å². The summed E-state index contributed by atoms with van der Waals surface area (Å²) in [5, 5.41) is 23.3. The Morgan fingerprint density at radius 3 is 2.81 bits per heavy atom. The highest BCUT2D eigenvalue weighted by atomic mass is 35.5. The summed E-state index contributed by atoms with van der Waals surface area (Å²) in [5.74, 6) is 1.47. The van der Waals surface area contributed by atoms with E-state index in [1.54, 1.807) is 16.2 Å². The van der Waals surface area contributed by atoms with Gasteiger partial charge in [-0.3, -0.25) is 10.1 Å². The minimum absolute atomic E-state index is 0.198. The highest BCUT2D eigenvalue weighted by Crippen LogP contribution is 2.42. The number of quaternary nitrogens is 1. The van der Waals surface area contributed by atoms with Crippen molar-refractivity contribution in [2.75, 3.05) is 5.32 Å². The van der Waals surface area contributed by atoms with Crippen LogP contribution in [0.3, 0.4) is 0 Å². The van der Waals surface area contributed by atoms with Crippen LogP contribution in [0.5, 0.6) is 5.75 Å². The van der Waals surface area contributed by atoms with Crippen molar-refractivity contribution in [2.45, 2.75) is 43.7 Å². The van der Waals surface area contributed by atoms with E-state index < -0.39 is 6.10 Å². The number of aliphatic hydroxyl groups is 1. The Kier molecular flexibility index (Phi) is 5.94. The van der Waals surface area contributed by atoms with Gasteiger partial charge in [0.25, 0.3) is 5.56 Å². The van der Waals surface area contributed by atoms with Crippen LogP contribution in [0.15, 0.2) is 59.1 Å². The number of nitrogens with zero attached hydrogens (tertiary/aromatic N) is 4. The van der Waals surface area contributed by atoms with Crippen molar-refractivity contribution < 1.29 is 15.2 Å². The number of aryl methyl sites for hydroxylation is 1. The molecule has 1 aliphatic heterocycles. The number of rotatable bonds is 7. The van der Waals surface area contributed by atoms with Crippen molar-refractivity contribution in [3.63, 3.8) is 0 Å². The Bertz CT molecular complexity index is 1560. The van der Waals surface area contributed by atoms with E-state index in [1.165, 1.54) is 6.20 Å². The summed E-state index contributed by atoms with van der Waals surface area (Å²) in [5.41, 5.74) is 2.96. The lowest BCUT2D eigenvalue weighted by molar-refractivity contribution is -0.532. The maximum atomic E-state index is 13.4. The lowest BCUT2D eigenvalue weighted by Crippen LogP contribution is -2.76. The van der Waals surface area contributed by atoms with Crippen molar-refractivity contribution in [1.29, 1.82) is 5.41 Å². The zero-order chi connectivity index (χ0) is 25.7. The molecule has 6 rings (SSSR count). The van der Waals surface area contributed by atoms with E-state index in [2.05, 4.69) is 15.3 Å². The number of anilines is 2. The van der Waals surface area contributed by atoms with Gasteiger partial charge in [-0.05, 0) is 49.3 Å². The summed E-state index contributed by atoms with van der Waals surface area (Å²) in [6, 6.07) is 1.68. The molecule has 2 aliphatic carbocycles. The number of pyridine rings is 2. The normalized spacial score (nSPS) is 22.1. The van der Waals surface area contributed by atoms with Crippen molar-refractivity contribution in [1.82, 2.24) is 19.1 Å². The smallest absolute Gasteiger partial charge is 0.274 e. The molecule has 5 N–H and O–H groups in total. The predicted molar refractivity (Wildman–Crippen MR) is 140 cm³/mol. The van der Waals surface area contributed by atoms with E-state index >= 15 is 0 Å². The van der Waals surface area contributed by atoms with Crippen molar-refractivity contribution in [3.8, 4) is 5.75 Å². The summed E-state index contributed by atoms with van der Waals surface area (Å²) in [4.78, 5) is 22.3. The number of allylic oxidation sites excluding steroid dienone is 4. The maximum absolute atomic E-state index is 13.4. The highest BCUT2D eigenvalue weighted by Gasteiger charge is 2.33. The molecule has 2 saturated carbocycles. The van der Waals surface area contributed by atoms with Gasteiger partial charge < -0.3 is 29.7 Å². The van der Waals surface area contributed by atoms with Gasteiger partial charge >= 0.3 is 0 Å². The summed E-state index contributed by atoms with van der Waals surface area (Å²) in [6.07, 6.45) is 15.1. The Morgan fingerprint density at radius 1 is 1.32 bits per heavy atom. The molecule has 37 heavy (non-hydrogen) atoms. The molecule has 3 aromatic heterocycles. The molecule has 0 bridgehead atoms. The van der Waals surface area contributed by atoms with Crippen LogP contribution in [0.1, 0.15) is 43.2 Å². The van der Waals surface area contributed by atoms with Gasteiger partial charge in [-0.2, -0.15) is 4.98 Å². The number of fused-ring (bicyclic) bond motifs is 1. The second kappa shape index (κ2) is 9.29. The topological polar surface area (TPSA) is 135 Å². The molecule has 3 aliphatic rings. The quantitative estimate of drug-likeness (QED) is 0.279.